The molecule has 3 rings (SSSR count). The number of benzene rings is 2. The molecule has 0 radical (unpaired) electrons. The second-order valence-corrected chi connectivity index (χ2v) is 6.15. The zero-order chi connectivity index (χ0) is 18.7. The van der Waals surface area contributed by atoms with Crippen LogP contribution in [0.15, 0.2) is 59.7 Å². The molecule has 0 aliphatic heterocycles. The van der Waals surface area contributed by atoms with Gasteiger partial charge in [-0.2, -0.15) is 5.10 Å². The van der Waals surface area contributed by atoms with E-state index in [0.29, 0.717) is 5.56 Å². The molecule has 1 N–H and O–H groups in total. The summed E-state index contributed by atoms with van der Waals surface area (Å²) in [5.41, 5.74) is 7.79. The van der Waals surface area contributed by atoms with Crippen LogP contribution < -0.4 is 5.43 Å². The maximum atomic E-state index is 13.1. The summed E-state index contributed by atoms with van der Waals surface area (Å²) >= 11 is 0. The van der Waals surface area contributed by atoms with Crippen LogP contribution in [0.4, 0.5) is 4.39 Å². The van der Waals surface area contributed by atoms with Gasteiger partial charge in [0.15, 0.2) is 0 Å². The minimum Gasteiger partial charge on any atom is -0.318 e. The van der Waals surface area contributed by atoms with E-state index in [0.717, 1.165) is 28.2 Å². The number of amides is 1. The third kappa shape index (κ3) is 3.57. The van der Waals surface area contributed by atoms with Gasteiger partial charge in [-0.3, -0.25) is 4.79 Å². The number of hydrazone groups is 1. The number of carbonyl (C=O) groups is 1. The van der Waals surface area contributed by atoms with E-state index in [1.807, 2.05) is 49.6 Å². The minimum absolute atomic E-state index is 0.244. The van der Waals surface area contributed by atoms with Crippen molar-refractivity contribution in [1.82, 2.24) is 9.99 Å². The number of halogens is 1. The van der Waals surface area contributed by atoms with Gasteiger partial charge in [-0.05, 0) is 62.7 Å². The van der Waals surface area contributed by atoms with Crippen LogP contribution in [0.2, 0.25) is 0 Å². The maximum Gasteiger partial charge on any atom is 0.271 e. The summed E-state index contributed by atoms with van der Waals surface area (Å²) < 4.78 is 15.2. The van der Waals surface area contributed by atoms with Gasteiger partial charge in [0.25, 0.3) is 5.91 Å². The fourth-order valence-electron chi connectivity index (χ4n) is 2.95. The van der Waals surface area contributed by atoms with Crippen LogP contribution in [-0.2, 0) is 0 Å². The largest absolute Gasteiger partial charge is 0.318 e. The third-order valence-corrected chi connectivity index (χ3v) is 4.31. The van der Waals surface area contributed by atoms with E-state index in [1.54, 1.807) is 24.4 Å². The van der Waals surface area contributed by atoms with Crippen LogP contribution in [0, 0.1) is 26.6 Å². The fraction of sp³-hybridized carbons (Fsp3) is 0.143. The summed E-state index contributed by atoms with van der Waals surface area (Å²) in [6, 6.07) is 15.7. The van der Waals surface area contributed by atoms with E-state index >= 15 is 0 Å². The van der Waals surface area contributed by atoms with Crippen molar-refractivity contribution in [2.24, 2.45) is 5.10 Å². The molecule has 0 unspecified atom stereocenters. The van der Waals surface area contributed by atoms with Crippen LogP contribution in [0.3, 0.4) is 0 Å². The van der Waals surface area contributed by atoms with Crippen molar-refractivity contribution in [3.8, 4) is 5.69 Å². The molecule has 0 atom stereocenters. The Kier molecular flexibility index (Phi) is 4.98. The number of carbonyl (C=O) groups excluding carboxylic acids is 1. The molecule has 3 aromatic rings. The van der Waals surface area contributed by atoms with Gasteiger partial charge in [0.1, 0.15) is 5.82 Å². The van der Waals surface area contributed by atoms with Crippen LogP contribution >= 0.6 is 0 Å². The Morgan fingerprint density at radius 1 is 1.08 bits per heavy atom. The number of aromatic nitrogens is 1. The number of hydrogen-bond acceptors (Lipinski definition) is 2. The molecule has 4 nitrogen and oxygen atoms in total. The van der Waals surface area contributed by atoms with Crippen molar-refractivity contribution in [2.45, 2.75) is 20.8 Å². The Hall–Kier alpha value is -3.21. The summed E-state index contributed by atoms with van der Waals surface area (Å²) in [6.07, 6.45) is 1.62. The lowest BCUT2D eigenvalue weighted by Crippen LogP contribution is -2.18. The quantitative estimate of drug-likeness (QED) is 0.554. The number of nitrogens with zero attached hydrogens (tertiary/aromatic N) is 2. The van der Waals surface area contributed by atoms with Gasteiger partial charge in [0.2, 0.25) is 0 Å². The summed E-state index contributed by atoms with van der Waals surface area (Å²) in [5.74, 6) is -0.511. The fourth-order valence-corrected chi connectivity index (χ4v) is 2.95. The molecule has 0 aliphatic carbocycles. The Bertz CT molecular complexity index is 971. The SMILES string of the molecule is Cc1ccccc1C(=O)N/N=C\c1cc(C)n(-c2ccc(F)cc2)c1C. The first-order valence-corrected chi connectivity index (χ1v) is 8.31. The molecule has 0 spiro atoms. The van der Waals surface area contributed by atoms with Gasteiger partial charge < -0.3 is 4.57 Å². The summed E-state index contributed by atoms with van der Waals surface area (Å²) in [6.45, 7) is 5.81. The molecule has 5 heteroatoms. The molecule has 1 aromatic heterocycles. The third-order valence-electron chi connectivity index (χ3n) is 4.31. The molecule has 1 heterocycles. The van der Waals surface area contributed by atoms with E-state index in [2.05, 4.69) is 10.5 Å². The molecule has 26 heavy (non-hydrogen) atoms. The van der Waals surface area contributed by atoms with Gasteiger partial charge in [-0.15, -0.1) is 0 Å². The van der Waals surface area contributed by atoms with E-state index in [4.69, 9.17) is 0 Å². The highest BCUT2D eigenvalue weighted by Gasteiger charge is 2.10. The molecule has 1 amide bonds. The lowest BCUT2D eigenvalue weighted by atomic mass is 10.1. The molecule has 0 saturated carbocycles. The number of rotatable bonds is 4. The van der Waals surface area contributed by atoms with Crippen molar-refractivity contribution >= 4 is 12.1 Å². The second-order valence-electron chi connectivity index (χ2n) is 6.15. The van der Waals surface area contributed by atoms with Gasteiger partial charge in [-0.1, -0.05) is 18.2 Å². The summed E-state index contributed by atoms with van der Waals surface area (Å²) in [4.78, 5) is 12.2. The zero-order valence-corrected chi connectivity index (χ0v) is 15.0. The first kappa shape index (κ1) is 17.6. The van der Waals surface area contributed by atoms with Crippen molar-refractivity contribution in [2.75, 3.05) is 0 Å². The van der Waals surface area contributed by atoms with Gasteiger partial charge in [0, 0.05) is 28.2 Å². The number of hydrogen-bond donors (Lipinski definition) is 1. The monoisotopic (exact) mass is 349 g/mol. The predicted octanol–water partition coefficient (Wildman–Crippen LogP) is 4.31. The highest BCUT2D eigenvalue weighted by molar-refractivity contribution is 5.96. The standard InChI is InChI=1S/C21H20FN3O/c1-14-6-4-5-7-20(14)21(26)24-23-13-17-12-15(2)25(16(17)3)19-10-8-18(22)9-11-19/h4-13H,1-3H3,(H,24,26)/b23-13-. The van der Waals surface area contributed by atoms with Crippen LogP contribution in [0.5, 0.6) is 0 Å². The Morgan fingerprint density at radius 3 is 2.46 bits per heavy atom. The van der Waals surface area contributed by atoms with Crippen LogP contribution in [0.25, 0.3) is 5.69 Å². The van der Waals surface area contributed by atoms with Crippen molar-refractivity contribution in [1.29, 1.82) is 0 Å². The number of aryl methyl sites for hydroxylation is 2. The average molecular weight is 349 g/mol. The lowest BCUT2D eigenvalue weighted by Gasteiger charge is -2.09. The first-order chi connectivity index (χ1) is 12.5. The zero-order valence-electron chi connectivity index (χ0n) is 15.0. The van der Waals surface area contributed by atoms with E-state index in [9.17, 15) is 9.18 Å². The minimum atomic E-state index is -0.267. The van der Waals surface area contributed by atoms with Gasteiger partial charge in [0.05, 0.1) is 6.21 Å². The highest BCUT2D eigenvalue weighted by Crippen LogP contribution is 2.20. The van der Waals surface area contributed by atoms with E-state index < -0.39 is 0 Å². The van der Waals surface area contributed by atoms with E-state index in [-0.39, 0.29) is 11.7 Å². The molecule has 0 saturated heterocycles. The van der Waals surface area contributed by atoms with Crippen molar-refractivity contribution < 1.29 is 9.18 Å². The molecule has 0 aliphatic rings. The topological polar surface area (TPSA) is 46.4 Å². The molecule has 0 bridgehead atoms. The summed E-state index contributed by atoms with van der Waals surface area (Å²) in [5, 5.41) is 4.08. The van der Waals surface area contributed by atoms with Crippen LogP contribution in [0.1, 0.15) is 32.9 Å². The Morgan fingerprint density at radius 2 is 1.77 bits per heavy atom. The van der Waals surface area contributed by atoms with E-state index in [1.165, 1.54) is 12.1 Å². The Balaban J connectivity index is 1.79. The Labute approximate surface area is 152 Å². The first-order valence-electron chi connectivity index (χ1n) is 8.31. The predicted molar refractivity (Wildman–Crippen MR) is 101 cm³/mol. The maximum absolute atomic E-state index is 13.1. The van der Waals surface area contributed by atoms with Crippen molar-refractivity contribution in [3.63, 3.8) is 0 Å². The number of nitrogens with one attached hydrogen (secondary N) is 1. The second kappa shape index (κ2) is 7.35. The highest BCUT2D eigenvalue weighted by atomic mass is 19.1. The molecule has 132 valence electrons. The average Bonchev–Trinajstić information content (AvgIpc) is 2.90. The molecular formula is C21H20FN3O. The van der Waals surface area contributed by atoms with Gasteiger partial charge in [-0.25, -0.2) is 9.82 Å². The normalized spacial score (nSPS) is 11.1. The van der Waals surface area contributed by atoms with Gasteiger partial charge >= 0.3 is 0 Å². The molecule has 2 aromatic carbocycles. The lowest BCUT2D eigenvalue weighted by molar-refractivity contribution is 0.0954. The molecule has 0 fully saturated rings. The van der Waals surface area contributed by atoms with Crippen LogP contribution in [-0.4, -0.2) is 16.7 Å². The van der Waals surface area contributed by atoms with Crippen molar-refractivity contribution in [3.05, 3.63) is 88.5 Å². The summed E-state index contributed by atoms with van der Waals surface area (Å²) in [7, 11) is 0. The smallest absolute Gasteiger partial charge is 0.271 e. The molecular weight excluding hydrogens is 329 g/mol.